The molecular formula is C22H37IN2O3. The van der Waals surface area contributed by atoms with E-state index in [9.17, 15) is 14.4 Å². The first-order valence-electron chi connectivity index (χ1n) is 10.8. The fourth-order valence-electron chi connectivity index (χ4n) is 4.54. The van der Waals surface area contributed by atoms with Gasteiger partial charge in [-0.1, -0.05) is 55.7 Å². The van der Waals surface area contributed by atoms with Crippen LogP contribution in [0, 0.1) is 11.8 Å². The summed E-state index contributed by atoms with van der Waals surface area (Å²) in [4.78, 5) is 42.9. The van der Waals surface area contributed by atoms with E-state index >= 15 is 0 Å². The Kier molecular flexibility index (Phi) is 8.35. The first-order valence-corrected chi connectivity index (χ1v) is 11.9. The summed E-state index contributed by atoms with van der Waals surface area (Å²) in [7, 11) is 1.75. The number of halogens is 1. The standard InChI is InChI=1S/C22H37IN2O3/c1-15(2)14-18(19(26)22(3,4)23)24(5)21(28)17-12-9-13-25(17)20(27)16-10-7-6-8-11-16/h15-18H,6-14H2,1-5H3/t17-,18+/m0/s1. The predicted molar refractivity (Wildman–Crippen MR) is 120 cm³/mol. The van der Waals surface area contributed by atoms with Crippen molar-refractivity contribution in [3.8, 4) is 0 Å². The summed E-state index contributed by atoms with van der Waals surface area (Å²) in [5, 5.41) is 0. The molecule has 0 spiro atoms. The lowest BCUT2D eigenvalue weighted by Crippen LogP contribution is -2.54. The molecule has 0 N–H and O–H groups in total. The molecule has 0 unspecified atom stereocenters. The largest absolute Gasteiger partial charge is 0.334 e. The van der Waals surface area contributed by atoms with Crippen LogP contribution in [0.4, 0.5) is 0 Å². The van der Waals surface area contributed by atoms with Crippen molar-refractivity contribution in [1.82, 2.24) is 9.80 Å². The fraction of sp³-hybridized carbons (Fsp3) is 0.864. The van der Waals surface area contributed by atoms with Crippen molar-refractivity contribution in [2.45, 2.75) is 94.6 Å². The zero-order valence-corrected chi connectivity index (χ0v) is 20.3. The van der Waals surface area contributed by atoms with Crippen molar-refractivity contribution >= 4 is 40.2 Å². The van der Waals surface area contributed by atoms with Gasteiger partial charge in [-0.3, -0.25) is 14.4 Å². The molecule has 1 aliphatic carbocycles. The quantitative estimate of drug-likeness (QED) is 0.386. The monoisotopic (exact) mass is 504 g/mol. The van der Waals surface area contributed by atoms with Crippen LogP contribution < -0.4 is 0 Å². The normalized spacial score (nSPS) is 22.4. The molecular weight excluding hydrogens is 467 g/mol. The third kappa shape index (κ3) is 5.70. The van der Waals surface area contributed by atoms with Gasteiger partial charge in [0.05, 0.1) is 9.46 Å². The van der Waals surface area contributed by atoms with E-state index in [1.807, 2.05) is 18.7 Å². The molecule has 0 aromatic heterocycles. The smallest absolute Gasteiger partial charge is 0.245 e. The minimum absolute atomic E-state index is 0.0682. The number of carbonyl (C=O) groups excluding carboxylic acids is 3. The highest BCUT2D eigenvalue weighted by atomic mass is 127. The van der Waals surface area contributed by atoms with Gasteiger partial charge in [0.25, 0.3) is 0 Å². The molecule has 2 atom stereocenters. The minimum atomic E-state index is -0.529. The van der Waals surface area contributed by atoms with Crippen LogP contribution in [0.1, 0.15) is 79.1 Å². The summed E-state index contributed by atoms with van der Waals surface area (Å²) >= 11 is 2.16. The Bertz CT molecular complexity index is 579. The summed E-state index contributed by atoms with van der Waals surface area (Å²) in [5.41, 5.74) is 0. The molecule has 6 heteroatoms. The van der Waals surface area contributed by atoms with Gasteiger partial charge in [-0.2, -0.15) is 0 Å². The number of amides is 2. The van der Waals surface area contributed by atoms with Crippen LogP contribution in [0.25, 0.3) is 0 Å². The Hall–Kier alpha value is -0.660. The van der Waals surface area contributed by atoms with Crippen molar-refractivity contribution in [2.75, 3.05) is 13.6 Å². The molecule has 0 bridgehead atoms. The topological polar surface area (TPSA) is 57.7 Å². The molecule has 2 amide bonds. The van der Waals surface area contributed by atoms with Crippen LogP contribution in [-0.2, 0) is 14.4 Å². The molecule has 1 saturated heterocycles. The van der Waals surface area contributed by atoms with Crippen LogP contribution in [0.2, 0.25) is 0 Å². The highest BCUT2D eigenvalue weighted by Crippen LogP contribution is 2.31. The zero-order chi connectivity index (χ0) is 21.1. The van der Waals surface area contributed by atoms with E-state index in [1.165, 1.54) is 6.42 Å². The number of likely N-dealkylation sites (N-methyl/N-ethyl adjacent to an activating group) is 1. The van der Waals surface area contributed by atoms with Crippen molar-refractivity contribution in [2.24, 2.45) is 11.8 Å². The lowest BCUT2D eigenvalue weighted by Gasteiger charge is -2.36. The van der Waals surface area contributed by atoms with E-state index in [-0.39, 0.29) is 23.5 Å². The lowest BCUT2D eigenvalue weighted by molar-refractivity contribution is -0.149. The Morgan fingerprint density at radius 3 is 2.21 bits per heavy atom. The average molecular weight is 504 g/mol. The first-order chi connectivity index (χ1) is 13.0. The molecule has 160 valence electrons. The maximum Gasteiger partial charge on any atom is 0.245 e. The molecule has 28 heavy (non-hydrogen) atoms. The predicted octanol–water partition coefficient (Wildman–Crippen LogP) is 4.21. The van der Waals surface area contributed by atoms with Crippen molar-refractivity contribution < 1.29 is 14.4 Å². The van der Waals surface area contributed by atoms with Crippen LogP contribution in [0.3, 0.4) is 0 Å². The first kappa shape index (κ1) is 23.6. The van der Waals surface area contributed by atoms with Crippen LogP contribution in [0.15, 0.2) is 0 Å². The summed E-state index contributed by atoms with van der Waals surface area (Å²) < 4.78 is -0.529. The number of hydrogen-bond acceptors (Lipinski definition) is 3. The van der Waals surface area contributed by atoms with E-state index in [0.29, 0.717) is 25.3 Å². The summed E-state index contributed by atoms with van der Waals surface area (Å²) in [6.45, 7) is 8.62. The van der Waals surface area contributed by atoms with Gasteiger partial charge < -0.3 is 9.80 Å². The van der Waals surface area contributed by atoms with Crippen molar-refractivity contribution in [3.63, 3.8) is 0 Å². The third-order valence-corrected chi connectivity index (χ3v) is 6.71. The van der Waals surface area contributed by atoms with Gasteiger partial charge in [0.1, 0.15) is 6.04 Å². The number of carbonyl (C=O) groups is 3. The molecule has 1 saturated carbocycles. The third-order valence-electron chi connectivity index (χ3n) is 6.17. The van der Waals surface area contributed by atoms with Crippen LogP contribution >= 0.6 is 22.6 Å². The number of nitrogens with zero attached hydrogens (tertiary/aromatic N) is 2. The zero-order valence-electron chi connectivity index (χ0n) is 18.2. The second kappa shape index (κ2) is 9.90. The highest BCUT2D eigenvalue weighted by molar-refractivity contribution is 14.1. The van der Waals surface area contributed by atoms with E-state index in [0.717, 1.165) is 32.1 Å². The lowest BCUT2D eigenvalue weighted by atomic mass is 9.88. The maximum atomic E-state index is 13.4. The van der Waals surface area contributed by atoms with Gasteiger partial charge in [0.2, 0.25) is 11.8 Å². The summed E-state index contributed by atoms with van der Waals surface area (Å²) in [6.07, 6.45) is 7.54. The number of alkyl halides is 1. The Morgan fingerprint density at radius 1 is 1.07 bits per heavy atom. The molecule has 0 aromatic rings. The molecule has 1 aliphatic heterocycles. The van der Waals surface area contributed by atoms with Crippen LogP contribution in [-0.4, -0.2) is 56.5 Å². The van der Waals surface area contributed by atoms with Gasteiger partial charge in [0.15, 0.2) is 5.78 Å². The van der Waals surface area contributed by atoms with Gasteiger partial charge in [-0.15, -0.1) is 0 Å². The molecule has 1 heterocycles. The highest BCUT2D eigenvalue weighted by Gasteiger charge is 2.42. The summed E-state index contributed by atoms with van der Waals surface area (Å²) in [5.74, 6) is 0.562. The second-order valence-corrected chi connectivity index (χ2v) is 12.2. The number of Topliss-reactive ketones (excluding diaryl/α,β-unsaturated/α-hetero) is 1. The number of likely N-dealkylation sites (tertiary alicyclic amines) is 1. The number of ketones is 1. The SMILES string of the molecule is CC(C)C[C@H](C(=O)C(C)(C)I)N(C)C(=O)[C@@H]1CCCN1C(=O)C1CCCCC1. The van der Waals surface area contributed by atoms with Gasteiger partial charge in [-0.25, -0.2) is 0 Å². The Morgan fingerprint density at radius 2 is 1.68 bits per heavy atom. The summed E-state index contributed by atoms with van der Waals surface area (Å²) in [6, 6.07) is -0.842. The second-order valence-electron chi connectivity index (χ2n) is 9.46. The van der Waals surface area contributed by atoms with Gasteiger partial charge >= 0.3 is 0 Å². The number of rotatable bonds is 7. The molecule has 2 rings (SSSR count). The molecule has 0 radical (unpaired) electrons. The van der Waals surface area contributed by atoms with E-state index in [1.54, 1.807) is 11.9 Å². The van der Waals surface area contributed by atoms with Gasteiger partial charge in [0, 0.05) is 19.5 Å². The van der Waals surface area contributed by atoms with E-state index in [4.69, 9.17) is 0 Å². The number of hydrogen-bond donors (Lipinski definition) is 0. The molecule has 5 nitrogen and oxygen atoms in total. The average Bonchev–Trinajstić information content (AvgIpc) is 3.13. The van der Waals surface area contributed by atoms with E-state index < -0.39 is 15.5 Å². The minimum Gasteiger partial charge on any atom is -0.334 e. The Labute approximate surface area is 184 Å². The van der Waals surface area contributed by atoms with Crippen molar-refractivity contribution in [1.29, 1.82) is 0 Å². The molecule has 2 fully saturated rings. The van der Waals surface area contributed by atoms with Crippen LogP contribution in [0.5, 0.6) is 0 Å². The Balaban J connectivity index is 2.15. The molecule has 2 aliphatic rings. The van der Waals surface area contributed by atoms with Crippen molar-refractivity contribution in [3.05, 3.63) is 0 Å². The van der Waals surface area contributed by atoms with E-state index in [2.05, 4.69) is 36.4 Å². The fourth-order valence-corrected chi connectivity index (χ4v) is 4.90. The maximum absolute atomic E-state index is 13.4. The van der Waals surface area contributed by atoms with Gasteiger partial charge in [-0.05, 0) is 51.9 Å². The molecule has 0 aromatic carbocycles.